The lowest BCUT2D eigenvalue weighted by Gasteiger charge is -2.07. The number of aliphatic hydroxyl groups is 1. The Labute approximate surface area is 91.1 Å². The van der Waals surface area contributed by atoms with Crippen molar-refractivity contribution in [3.8, 4) is 12.0 Å². The van der Waals surface area contributed by atoms with Crippen LogP contribution in [0.25, 0.3) is 0 Å². The lowest BCUT2D eigenvalue weighted by Crippen LogP contribution is -2.31. The lowest BCUT2D eigenvalue weighted by atomic mass is 10.2. The summed E-state index contributed by atoms with van der Waals surface area (Å²) in [6.07, 6.45) is 1.65. The molecule has 0 aromatic heterocycles. The summed E-state index contributed by atoms with van der Waals surface area (Å²) in [5.74, 6) is -0.414. The van der Waals surface area contributed by atoms with Gasteiger partial charge in [0.1, 0.15) is 6.11 Å². The van der Waals surface area contributed by atoms with Crippen molar-refractivity contribution in [3.63, 3.8) is 0 Å². The Bertz CT molecular complexity index is 463. The van der Waals surface area contributed by atoms with Gasteiger partial charge in [-0.15, -0.1) is 0 Å². The molecule has 0 aliphatic carbocycles. The van der Waals surface area contributed by atoms with Gasteiger partial charge < -0.3 is 10.4 Å². The van der Waals surface area contributed by atoms with Crippen LogP contribution in [0.15, 0.2) is 18.2 Å². The second kappa shape index (κ2) is 5.12. The van der Waals surface area contributed by atoms with E-state index >= 15 is 0 Å². The number of carbonyl (C=O) groups excluding carboxylic acids is 1. The Morgan fingerprint density at radius 3 is 2.69 bits per heavy atom. The van der Waals surface area contributed by atoms with Gasteiger partial charge in [-0.1, -0.05) is 0 Å². The highest BCUT2D eigenvalue weighted by atomic mass is 19.2. The van der Waals surface area contributed by atoms with E-state index in [1.165, 1.54) is 0 Å². The van der Waals surface area contributed by atoms with E-state index in [1.807, 2.05) is 0 Å². The van der Waals surface area contributed by atoms with Gasteiger partial charge >= 0.3 is 0 Å². The summed E-state index contributed by atoms with van der Waals surface area (Å²) in [5, 5.41) is 10.7. The van der Waals surface area contributed by atoms with Gasteiger partial charge in [-0.3, -0.25) is 4.79 Å². The zero-order valence-corrected chi connectivity index (χ0v) is 8.42. The third-order valence-electron chi connectivity index (χ3n) is 1.81. The van der Waals surface area contributed by atoms with Gasteiger partial charge in [0.25, 0.3) is 5.91 Å². The maximum Gasteiger partial charge on any atom is 0.252 e. The van der Waals surface area contributed by atoms with E-state index in [0.717, 1.165) is 18.2 Å². The topological polar surface area (TPSA) is 49.3 Å². The van der Waals surface area contributed by atoms with Crippen molar-refractivity contribution in [1.82, 2.24) is 5.32 Å². The molecule has 0 saturated heterocycles. The van der Waals surface area contributed by atoms with Gasteiger partial charge in [-0.25, -0.2) is 8.78 Å². The summed E-state index contributed by atoms with van der Waals surface area (Å²) >= 11 is 0. The number of hydrogen-bond acceptors (Lipinski definition) is 2. The highest BCUT2D eigenvalue weighted by Gasteiger charge is 2.10. The molecule has 0 aliphatic heterocycles. The minimum atomic E-state index is -1.09. The predicted molar refractivity (Wildman–Crippen MR) is 53.0 cm³/mol. The molecule has 16 heavy (non-hydrogen) atoms. The summed E-state index contributed by atoms with van der Waals surface area (Å²) in [5.41, 5.74) is -0.00881. The van der Waals surface area contributed by atoms with Crippen molar-refractivity contribution < 1.29 is 18.7 Å². The molecule has 0 aliphatic rings. The Morgan fingerprint density at radius 1 is 1.44 bits per heavy atom. The first kappa shape index (κ1) is 12.0. The van der Waals surface area contributed by atoms with E-state index < -0.39 is 23.6 Å². The summed E-state index contributed by atoms with van der Waals surface area (Å²) in [6, 6.07) is 2.24. The minimum absolute atomic E-state index is 0.00881. The fraction of sp³-hybridized carbons (Fsp3) is 0.182. The fourth-order valence-corrected chi connectivity index (χ4v) is 1.05. The first-order valence-corrected chi connectivity index (χ1v) is 4.45. The molecule has 2 N–H and O–H groups in total. The zero-order valence-electron chi connectivity index (χ0n) is 8.42. The molecule has 1 rings (SSSR count). The Hall–Kier alpha value is -2.09. The van der Waals surface area contributed by atoms with Crippen LogP contribution >= 0.6 is 0 Å². The van der Waals surface area contributed by atoms with Crippen LogP contribution in [0.2, 0.25) is 0 Å². The van der Waals surface area contributed by atoms with Crippen LogP contribution in [0.3, 0.4) is 0 Å². The van der Waals surface area contributed by atoms with Crippen LogP contribution in [0.5, 0.6) is 0 Å². The van der Waals surface area contributed by atoms with Crippen molar-refractivity contribution >= 4 is 5.91 Å². The molecule has 1 aromatic rings. The van der Waals surface area contributed by atoms with E-state index in [1.54, 1.807) is 13.0 Å². The van der Waals surface area contributed by atoms with Gasteiger partial charge in [0.15, 0.2) is 11.6 Å². The molecule has 1 aromatic carbocycles. The van der Waals surface area contributed by atoms with Crippen LogP contribution in [0.1, 0.15) is 17.3 Å². The Kier molecular flexibility index (Phi) is 3.84. The van der Waals surface area contributed by atoms with Gasteiger partial charge in [-0.2, -0.15) is 0 Å². The average Bonchev–Trinajstić information content (AvgIpc) is 2.22. The van der Waals surface area contributed by atoms with Crippen molar-refractivity contribution in [2.45, 2.75) is 13.0 Å². The molecule has 1 atom stereocenters. The fourth-order valence-electron chi connectivity index (χ4n) is 1.05. The molecule has 3 nitrogen and oxygen atoms in total. The highest BCUT2D eigenvalue weighted by molar-refractivity contribution is 5.94. The molecule has 0 saturated carbocycles. The van der Waals surface area contributed by atoms with Gasteiger partial charge in [0.05, 0.1) is 6.04 Å². The number of benzene rings is 1. The molecule has 1 amide bonds. The molecule has 5 heteroatoms. The van der Waals surface area contributed by atoms with Crippen molar-refractivity contribution in [2.24, 2.45) is 0 Å². The van der Waals surface area contributed by atoms with E-state index in [9.17, 15) is 13.6 Å². The number of amides is 1. The van der Waals surface area contributed by atoms with Crippen LogP contribution in [0.4, 0.5) is 8.78 Å². The van der Waals surface area contributed by atoms with Crippen molar-refractivity contribution in [2.75, 3.05) is 0 Å². The quantitative estimate of drug-likeness (QED) is 0.748. The molecule has 0 heterocycles. The molecule has 0 unspecified atom stereocenters. The normalized spacial score (nSPS) is 11.2. The summed E-state index contributed by atoms with van der Waals surface area (Å²) in [6.45, 7) is 1.54. The van der Waals surface area contributed by atoms with Crippen LogP contribution < -0.4 is 5.32 Å². The summed E-state index contributed by atoms with van der Waals surface area (Å²) in [4.78, 5) is 11.4. The number of nitrogens with one attached hydrogen (secondary N) is 1. The third-order valence-corrected chi connectivity index (χ3v) is 1.81. The third kappa shape index (κ3) is 2.95. The number of carbonyl (C=O) groups is 1. The Balaban J connectivity index is 2.80. The maximum atomic E-state index is 12.8. The highest BCUT2D eigenvalue weighted by Crippen LogP contribution is 2.08. The number of rotatable bonds is 2. The standard InChI is InChI=1S/C11H9F2NO2/c1-7(4-5-15)14-11(16)8-2-3-9(12)10(13)6-8/h2-3,6-7,15H,1H3,(H,14,16)/t7-/m1/s1. The first-order valence-electron chi connectivity index (χ1n) is 4.45. The summed E-state index contributed by atoms with van der Waals surface area (Å²) in [7, 11) is 0. The molecule has 0 bridgehead atoms. The lowest BCUT2D eigenvalue weighted by molar-refractivity contribution is 0.0947. The van der Waals surface area contributed by atoms with Crippen LogP contribution in [-0.4, -0.2) is 17.1 Å². The van der Waals surface area contributed by atoms with Crippen molar-refractivity contribution in [1.29, 1.82) is 0 Å². The van der Waals surface area contributed by atoms with Crippen molar-refractivity contribution in [3.05, 3.63) is 35.4 Å². The average molecular weight is 225 g/mol. The van der Waals surface area contributed by atoms with Gasteiger partial charge in [0.2, 0.25) is 0 Å². The molecule has 0 radical (unpaired) electrons. The zero-order chi connectivity index (χ0) is 12.1. The van der Waals surface area contributed by atoms with Gasteiger partial charge in [-0.05, 0) is 31.0 Å². The molecule has 84 valence electrons. The molecular formula is C11H9F2NO2. The molecular weight excluding hydrogens is 216 g/mol. The number of aliphatic hydroxyl groups excluding tert-OH is 1. The molecule has 0 spiro atoms. The van der Waals surface area contributed by atoms with Crippen LogP contribution in [-0.2, 0) is 0 Å². The molecule has 0 fully saturated rings. The monoisotopic (exact) mass is 225 g/mol. The van der Waals surface area contributed by atoms with E-state index in [0.29, 0.717) is 0 Å². The van der Waals surface area contributed by atoms with Gasteiger partial charge in [0, 0.05) is 5.56 Å². The summed E-state index contributed by atoms with van der Waals surface area (Å²) < 4.78 is 25.4. The van der Waals surface area contributed by atoms with E-state index in [-0.39, 0.29) is 5.56 Å². The number of halogens is 2. The largest absolute Gasteiger partial charge is 0.462 e. The van der Waals surface area contributed by atoms with E-state index in [2.05, 4.69) is 11.2 Å². The Morgan fingerprint density at radius 2 is 2.12 bits per heavy atom. The minimum Gasteiger partial charge on any atom is -0.462 e. The second-order valence-electron chi connectivity index (χ2n) is 3.08. The first-order chi connectivity index (χ1) is 7.54. The smallest absolute Gasteiger partial charge is 0.252 e. The van der Waals surface area contributed by atoms with Crippen LogP contribution in [0, 0.1) is 23.7 Å². The second-order valence-corrected chi connectivity index (χ2v) is 3.08. The predicted octanol–water partition coefficient (Wildman–Crippen LogP) is 1.42. The van der Waals surface area contributed by atoms with E-state index in [4.69, 9.17) is 5.11 Å². The maximum absolute atomic E-state index is 12.8. The SMILES string of the molecule is C[C@H](C#CO)NC(=O)c1ccc(F)c(F)c1. The number of hydrogen-bond donors (Lipinski definition) is 2.